The van der Waals surface area contributed by atoms with Crippen molar-refractivity contribution in [3.63, 3.8) is 0 Å². The fourth-order valence-electron chi connectivity index (χ4n) is 4.04. The summed E-state index contributed by atoms with van der Waals surface area (Å²) in [4.78, 5) is 0.367. The smallest absolute Gasteiger partial charge is 0.243 e. The van der Waals surface area contributed by atoms with Crippen molar-refractivity contribution in [3.8, 4) is 0 Å². The van der Waals surface area contributed by atoms with E-state index >= 15 is 0 Å². The summed E-state index contributed by atoms with van der Waals surface area (Å²) in [5, 5.41) is 5.29. The van der Waals surface area contributed by atoms with Crippen LogP contribution in [0.5, 0.6) is 0 Å². The Bertz CT molecular complexity index is 1200. The molecule has 1 aliphatic rings. The van der Waals surface area contributed by atoms with E-state index in [1.54, 1.807) is 10.4 Å². The number of halogens is 1. The first-order valence-corrected chi connectivity index (χ1v) is 12.0. The van der Waals surface area contributed by atoms with Gasteiger partial charge >= 0.3 is 0 Å². The first-order chi connectivity index (χ1) is 14.8. The molecule has 0 N–H and O–H groups in total. The summed E-state index contributed by atoms with van der Waals surface area (Å²) in [5.41, 5.74) is 5.63. The van der Waals surface area contributed by atoms with E-state index < -0.39 is 10.0 Å². The molecule has 2 heterocycles. The van der Waals surface area contributed by atoms with Crippen LogP contribution >= 0.6 is 11.6 Å². The molecule has 0 fully saturated rings. The van der Waals surface area contributed by atoms with Crippen LogP contribution in [0.15, 0.2) is 47.4 Å². The second-order valence-electron chi connectivity index (χ2n) is 7.97. The minimum absolute atomic E-state index is 0.304. The van der Waals surface area contributed by atoms with Crippen LogP contribution in [-0.4, -0.2) is 29.0 Å². The van der Waals surface area contributed by atoms with Crippen LogP contribution in [0.1, 0.15) is 33.6 Å². The van der Waals surface area contributed by atoms with E-state index in [0.29, 0.717) is 42.6 Å². The molecular formula is C23H26ClN3O3S. The summed E-state index contributed by atoms with van der Waals surface area (Å²) in [6.45, 7) is 5.31. The lowest BCUT2D eigenvalue weighted by atomic mass is 10.1. The first kappa shape index (κ1) is 22.0. The Balaban J connectivity index is 1.52. The Morgan fingerprint density at radius 1 is 1.10 bits per heavy atom. The molecule has 164 valence electrons. The number of nitrogens with zero attached hydrogens (tertiary/aromatic N) is 3. The fourth-order valence-corrected chi connectivity index (χ4v) is 5.78. The summed E-state index contributed by atoms with van der Waals surface area (Å²) in [6.07, 6.45) is 0.625. The van der Waals surface area contributed by atoms with Gasteiger partial charge in [0.2, 0.25) is 10.0 Å². The Hall–Kier alpha value is -2.19. The van der Waals surface area contributed by atoms with Gasteiger partial charge in [-0.15, -0.1) is 0 Å². The molecule has 2 aromatic carbocycles. The SMILES string of the molecule is Cc1ccc(S(=O)(=O)N2CCc3c(c(COCc4ccc(Cl)cc4)nn3C)C2)c(C)c1. The highest BCUT2D eigenvalue weighted by atomic mass is 35.5. The molecule has 0 radical (unpaired) electrons. The molecule has 1 aromatic heterocycles. The number of hydrogen-bond acceptors (Lipinski definition) is 4. The van der Waals surface area contributed by atoms with Crippen LogP contribution in [0, 0.1) is 13.8 Å². The summed E-state index contributed by atoms with van der Waals surface area (Å²) in [6, 6.07) is 13.0. The van der Waals surface area contributed by atoms with Gasteiger partial charge in [-0.1, -0.05) is 41.4 Å². The van der Waals surface area contributed by atoms with E-state index in [1.165, 1.54) is 0 Å². The van der Waals surface area contributed by atoms with Gasteiger partial charge in [0.15, 0.2) is 0 Å². The minimum atomic E-state index is -3.58. The average molecular weight is 460 g/mol. The summed E-state index contributed by atoms with van der Waals surface area (Å²) >= 11 is 5.93. The molecule has 0 amide bonds. The predicted molar refractivity (Wildman–Crippen MR) is 120 cm³/mol. The lowest BCUT2D eigenvalue weighted by molar-refractivity contribution is 0.103. The van der Waals surface area contributed by atoms with Crippen LogP contribution in [-0.2, 0) is 48.0 Å². The summed E-state index contributed by atoms with van der Waals surface area (Å²) < 4.78 is 35.9. The summed E-state index contributed by atoms with van der Waals surface area (Å²) in [5.74, 6) is 0. The van der Waals surface area contributed by atoms with Crippen LogP contribution in [0.3, 0.4) is 0 Å². The molecule has 6 nitrogen and oxygen atoms in total. The highest BCUT2D eigenvalue weighted by Crippen LogP contribution is 2.29. The number of fused-ring (bicyclic) bond motifs is 1. The standard InChI is InChI=1S/C23H26ClN3O3S/c1-16-4-9-23(17(2)12-16)31(28,29)27-11-10-22-20(13-27)21(25-26(22)3)15-30-14-18-5-7-19(24)8-6-18/h4-9,12H,10-11,13-15H2,1-3H3. The highest BCUT2D eigenvalue weighted by molar-refractivity contribution is 7.89. The molecule has 0 spiro atoms. The number of aryl methyl sites for hydroxylation is 3. The highest BCUT2D eigenvalue weighted by Gasteiger charge is 2.32. The molecule has 0 saturated heterocycles. The zero-order chi connectivity index (χ0) is 22.2. The number of sulfonamides is 1. The van der Waals surface area contributed by atoms with E-state index in [0.717, 1.165) is 33.6 Å². The number of hydrogen-bond donors (Lipinski definition) is 0. The van der Waals surface area contributed by atoms with Crippen LogP contribution in [0.2, 0.25) is 5.02 Å². The fraction of sp³-hybridized carbons (Fsp3) is 0.348. The third-order valence-corrected chi connectivity index (χ3v) is 7.92. The third kappa shape index (κ3) is 4.55. The second-order valence-corrected chi connectivity index (χ2v) is 10.3. The number of ether oxygens (including phenoxy) is 1. The molecule has 0 unspecified atom stereocenters. The molecule has 3 aromatic rings. The van der Waals surface area contributed by atoms with Crippen molar-refractivity contribution in [1.82, 2.24) is 14.1 Å². The summed E-state index contributed by atoms with van der Waals surface area (Å²) in [7, 11) is -1.69. The maximum Gasteiger partial charge on any atom is 0.243 e. The Morgan fingerprint density at radius 2 is 1.84 bits per heavy atom. The average Bonchev–Trinajstić information content (AvgIpc) is 3.04. The van der Waals surface area contributed by atoms with Gasteiger partial charge in [-0.2, -0.15) is 9.40 Å². The van der Waals surface area contributed by atoms with Crippen molar-refractivity contribution in [2.24, 2.45) is 7.05 Å². The van der Waals surface area contributed by atoms with E-state index in [9.17, 15) is 8.42 Å². The maximum atomic E-state index is 13.3. The van der Waals surface area contributed by atoms with Gasteiger partial charge in [0.05, 0.1) is 23.8 Å². The number of rotatable bonds is 6. The lowest BCUT2D eigenvalue weighted by Crippen LogP contribution is -2.36. The normalized spacial score (nSPS) is 14.6. The molecule has 1 aliphatic heterocycles. The van der Waals surface area contributed by atoms with Crippen LogP contribution in [0.25, 0.3) is 0 Å². The molecule has 0 aliphatic carbocycles. The Labute approximate surface area is 188 Å². The number of aromatic nitrogens is 2. The van der Waals surface area contributed by atoms with Crippen molar-refractivity contribution in [2.45, 2.75) is 44.9 Å². The van der Waals surface area contributed by atoms with Crippen molar-refractivity contribution < 1.29 is 13.2 Å². The third-order valence-electron chi connectivity index (χ3n) is 5.66. The van der Waals surface area contributed by atoms with Gasteiger partial charge in [0.25, 0.3) is 0 Å². The maximum absolute atomic E-state index is 13.3. The van der Waals surface area contributed by atoms with Gasteiger partial charge in [-0.25, -0.2) is 8.42 Å². The van der Waals surface area contributed by atoms with E-state index in [4.69, 9.17) is 16.3 Å². The van der Waals surface area contributed by atoms with Crippen molar-refractivity contribution >= 4 is 21.6 Å². The largest absolute Gasteiger partial charge is 0.370 e. The minimum Gasteiger partial charge on any atom is -0.370 e. The number of benzene rings is 2. The predicted octanol–water partition coefficient (Wildman–Crippen LogP) is 4.15. The Morgan fingerprint density at radius 3 is 2.55 bits per heavy atom. The van der Waals surface area contributed by atoms with Crippen LogP contribution < -0.4 is 0 Å². The molecule has 0 atom stereocenters. The first-order valence-electron chi connectivity index (χ1n) is 10.2. The molecule has 8 heteroatoms. The van der Waals surface area contributed by atoms with E-state index in [1.807, 2.05) is 62.0 Å². The molecular weight excluding hydrogens is 434 g/mol. The lowest BCUT2D eigenvalue weighted by Gasteiger charge is -2.27. The zero-order valence-corrected chi connectivity index (χ0v) is 19.5. The van der Waals surface area contributed by atoms with Crippen molar-refractivity contribution in [1.29, 1.82) is 0 Å². The van der Waals surface area contributed by atoms with Crippen LogP contribution in [0.4, 0.5) is 0 Å². The van der Waals surface area contributed by atoms with E-state index in [2.05, 4.69) is 5.10 Å². The quantitative estimate of drug-likeness (QED) is 0.555. The van der Waals surface area contributed by atoms with Gasteiger partial charge < -0.3 is 4.74 Å². The molecule has 31 heavy (non-hydrogen) atoms. The second kappa shape index (κ2) is 8.74. The van der Waals surface area contributed by atoms with Gasteiger partial charge in [-0.3, -0.25) is 4.68 Å². The topological polar surface area (TPSA) is 64.4 Å². The molecule has 4 rings (SSSR count). The molecule has 0 saturated carbocycles. The molecule has 0 bridgehead atoms. The van der Waals surface area contributed by atoms with Gasteiger partial charge in [0, 0.05) is 42.8 Å². The van der Waals surface area contributed by atoms with Crippen molar-refractivity contribution in [3.05, 3.63) is 81.1 Å². The van der Waals surface area contributed by atoms with Gasteiger partial charge in [-0.05, 0) is 43.2 Å². The van der Waals surface area contributed by atoms with Crippen molar-refractivity contribution in [2.75, 3.05) is 6.54 Å². The van der Waals surface area contributed by atoms with E-state index in [-0.39, 0.29) is 0 Å². The van der Waals surface area contributed by atoms with Gasteiger partial charge in [0.1, 0.15) is 0 Å². The Kier molecular flexibility index (Phi) is 6.21. The monoisotopic (exact) mass is 459 g/mol. The zero-order valence-electron chi connectivity index (χ0n) is 17.9.